The standard InChI is InChI=1S/C20H18FN3O/c1-2-24(17-9-4-3-5-10-17)18-11-12-22-19(14-18)20(25)23-16-8-6-7-15(21)13-16/h3-14H,2H2,1H3,(H,23,25). The van der Waals surface area contributed by atoms with Crippen molar-refractivity contribution < 1.29 is 9.18 Å². The summed E-state index contributed by atoms with van der Waals surface area (Å²) in [5, 5.41) is 2.66. The van der Waals surface area contributed by atoms with Crippen LogP contribution in [0.5, 0.6) is 0 Å². The van der Waals surface area contributed by atoms with Gasteiger partial charge in [-0.05, 0) is 49.4 Å². The summed E-state index contributed by atoms with van der Waals surface area (Å²) in [6, 6.07) is 19.3. The van der Waals surface area contributed by atoms with Crippen LogP contribution in [0.4, 0.5) is 21.5 Å². The Morgan fingerprint density at radius 3 is 2.56 bits per heavy atom. The molecule has 25 heavy (non-hydrogen) atoms. The highest BCUT2D eigenvalue weighted by molar-refractivity contribution is 6.03. The van der Waals surface area contributed by atoms with Crippen molar-refractivity contribution in [2.45, 2.75) is 6.92 Å². The van der Waals surface area contributed by atoms with E-state index >= 15 is 0 Å². The van der Waals surface area contributed by atoms with E-state index in [1.807, 2.05) is 43.3 Å². The first kappa shape index (κ1) is 16.6. The van der Waals surface area contributed by atoms with E-state index in [2.05, 4.69) is 15.2 Å². The molecule has 1 amide bonds. The van der Waals surface area contributed by atoms with E-state index in [9.17, 15) is 9.18 Å². The van der Waals surface area contributed by atoms with Gasteiger partial charge in [-0.2, -0.15) is 0 Å². The van der Waals surface area contributed by atoms with Gasteiger partial charge in [0.05, 0.1) is 0 Å². The van der Waals surface area contributed by atoms with Crippen molar-refractivity contribution in [1.82, 2.24) is 4.98 Å². The molecule has 5 heteroatoms. The molecule has 0 saturated heterocycles. The van der Waals surface area contributed by atoms with E-state index in [1.54, 1.807) is 24.4 Å². The quantitative estimate of drug-likeness (QED) is 0.739. The van der Waals surface area contributed by atoms with Crippen molar-refractivity contribution in [2.24, 2.45) is 0 Å². The predicted molar refractivity (Wildman–Crippen MR) is 97.7 cm³/mol. The number of hydrogen-bond acceptors (Lipinski definition) is 3. The molecule has 0 saturated carbocycles. The lowest BCUT2D eigenvalue weighted by atomic mass is 10.2. The van der Waals surface area contributed by atoms with Gasteiger partial charge in [0, 0.05) is 29.8 Å². The van der Waals surface area contributed by atoms with Crippen LogP contribution in [-0.4, -0.2) is 17.4 Å². The van der Waals surface area contributed by atoms with Crippen LogP contribution < -0.4 is 10.2 Å². The molecule has 0 fully saturated rings. The van der Waals surface area contributed by atoms with Crippen LogP contribution >= 0.6 is 0 Å². The number of rotatable bonds is 5. The number of carbonyl (C=O) groups is 1. The van der Waals surface area contributed by atoms with Gasteiger partial charge in [0.2, 0.25) is 0 Å². The summed E-state index contributed by atoms with van der Waals surface area (Å²) in [5.41, 5.74) is 2.57. The van der Waals surface area contributed by atoms with Gasteiger partial charge in [-0.15, -0.1) is 0 Å². The third kappa shape index (κ3) is 4.01. The maximum Gasteiger partial charge on any atom is 0.274 e. The highest BCUT2D eigenvalue weighted by Gasteiger charge is 2.12. The lowest BCUT2D eigenvalue weighted by molar-refractivity contribution is 0.102. The second-order valence-electron chi connectivity index (χ2n) is 5.44. The van der Waals surface area contributed by atoms with Crippen LogP contribution in [0.3, 0.4) is 0 Å². The van der Waals surface area contributed by atoms with Crippen LogP contribution in [-0.2, 0) is 0 Å². The number of hydrogen-bond donors (Lipinski definition) is 1. The fourth-order valence-corrected chi connectivity index (χ4v) is 2.59. The Morgan fingerprint density at radius 2 is 1.84 bits per heavy atom. The van der Waals surface area contributed by atoms with Gasteiger partial charge >= 0.3 is 0 Å². The average Bonchev–Trinajstić information content (AvgIpc) is 2.63. The van der Waals surface area contributed by atoms with Crippen molar-refractivity contribution in [1.29, 1.82) is 0 Å². The molecular formula is C20H18FN3O. The average molecular weight is 335 g/mol. The molecule has 0 aliphatic heterocycles. The molecule has 126 valence electrons. The van der Waals surface area contributed by atoms with E-state index in [4.69, 9.17) is 0 Å². The van der Waals surface area contributed by atoms with Crippen molar-refractivity contribution in [3.63, 3.8) is 0 Å². The number of nitrogens with one attached hydrogen (secondary N) is 1. The van der Waals surface area contributed by atoms with Gasteiger partial charge in [0.1, 0.15) is 11.5 Å². The minimum atomic E-state index is -0.402. The second kappa shape index (κ2) is 7.57. The Hall–Kier alpha value is -3.21. The summed E-state index contributed by atoms with van der Waals surface area (Å²) in [6.07, 6.45) is 1.60. The number of amides is 1. The summed E-state index contributed by atoms with van der Waals surface area (Å²) in [5.74, 6) is -0.780. The summed E-state index contributed by atoms with van der Waals surface area (Å²) in [7, 11) is 0. The second-order valence-corrected chi connectivity index (χ2v) is 5.44. The van der Waals surface area contributed by atoms with E-state index in [0.29, 0.717) is 5.69 Å². The molecule has 0 bridgehead atoms. The maximum absolute atomic E-state index is 13.2. The summed E-state index contributed by atoms with van der Waals surface area (Å²) in [4.78, 5) is 18.6. The van der Waals surface area contributed by atoms with Crippen molar-refractivity contribution in [3.8, 4) is 0 Å². The fourth-order valence-electron chi connectivity index (χ4n) is 2.59. The molecule has 0 unspecified atom stereocenters. The lowest BCUT2D eigenvalue weighted by Crippen LogP contribution is -2.18. The van der Waals surface area contributed by atoms with Gasteiger partial charge in [0.25, 0.3) is 5.91 Å². The van der Waals surface area contributed by atoms with Gasteiger partial charge in [-0.1, -0.05) is 24.3 Å². The van der Waals surface area contributed by atoms with E-state index in [-0.39, 0.29) is 11.6 Å². The first-order valence-electron chi connectivity index (χ1n) is 8.03. The van der Waals surface area contributed by atoms with E-state index in [1.165, 1.54) is 12.1 Å². The molecule has 1 N–H and O–H groups in total. The highest BCUT2D eigenvalue weighted by Crippen LogP contribution is 2.25. The Balaban J connectivity index is 1.84. The Labute approximate surface area is 145 Å². The third-order valence-electron chi connectivity index (χ3n) is 3.75. The van der Waals surface area contributed by atoms with Crippen molar-refractivity contribution >= 4 is 23.0 Å². The zero-order valence-electron chi connectivity index (χ0n) is 13.8. The maximum atomic E-state index is 13.2. The summed E-state index contributed by atoms with van der Waals surface area (Å²) >= 11 is 0. The largest absolute Gasteiger partial charge is 0.342 e. The zero-order valence-corrected chi connectivity index (χ0v) is 13.8. The molecule has 0 aliphatic rings. The lowest BCUT2D eigenvalue weighted by Gasteiger charge is -2.23. The minimum absolute atomic E-state index is 0.274. The number of anilines is 3. The molecule has 0 aliphatic carbocycles. The smallest absolute Gasteiger partial charge is 0.274 e. The Kier molecular flexibility index (Phi) is 5.04. The zero-order chi connectivity index (χ0) is 17.6. The van der Waals surface area contributed by atoms with Crippen LogP contribution in [0, 0.1) is 5.82 Å². The number of para-hydroxylation sites is 1. The van der Waals surface area contributed by atoms with Crippen LogP contribution in [0.15, 0.2) is 72.9 Å². The third-order valence-corrected chi connectivity index (χ3v) is 3.75. The number of benzene rings is 2. The van der Waals surface area contributed by atoms with Gasteiger partial charge in [-0.3, -0.25) is 9.78 Å². The number of aromatic nitrogens is 1. The van der Waals surface area contributed by atoms with Crippen molar-refractivity contribution in [2.75, 3.05) is 16.8 Å². The normalized spacial score (nSPS) is 10.3. The molecule has 0 spiro atoms. The summed E-state index contributed by atoms with van der Waals surface area (Å²) < 4.78 is 13.2. The molecular weight excluding hydrogens is 317 g/mol. The van der Waals surface area contributed by atoms with Crippen molar-refractivity contribution in [3.05, 3.63) is 84.4 Å². The van der Waals surface area contributed by atoms with E-state index in [0.717, 1.165) is 17.9 Å². The number of nitrogens with zero attached hydrogens (tertiary/aromatic N) is 2. The first-order chi connectivity index (χ1) is 12.2. The highest BCUT2D eigenvalue weighted by atomic mass is 19.1. The van der Waals surface area contributed by atoms with Crippen LogP contribution in [0.25, 0.3) is 0 Å². The van der Waals surface area contributed by atoms with Gasteiger partial charge < -0.3 is 10.2 Å². The first-order valence-corrected chi connectivity index (χ1v) is 8.03. The number of pyridine rings is 1. The van der Waals surface area contributed by atoms with Crippen LogP contribution in [0.2, 0.25) is 0 Å². The molecule has 3 rings (SSSR count). The van der Waals surface area contributed by atoms with Crippen LogP contribution in [0.1, 0.15) is 17.4 Å². The predicted octanol–water partition coefficient (Wildman–Crippen LogP) is 4.63. The Morgan fingerprint density at radius 1 is 1.04 bits per heavy atom. The fraction of sp³-hybridized carbons (Fsp3) is 0.100. The molecule has 3 aromatic rings. The van der Waals surface area contributed by atoms with Gasteiger partial charge in [-0.25, -0.2) is 4.39 Å². The molecule has 0 radical (unpaired) electrons. The number of carbonyl (C=O) groups excluding carboxylic acids is 1. The SMILES string of the molecule is CCN(c1ccccc1)c1ccnc(C(=O)Nc2cccc(F)c2)c1. The molecule has 1 aromatic heterocycles. The summed E-state index contributed by atoms with van der Waals surface area (Å²) in [6.45, 7) is 2.79. The monoisotopic (exact) mass is 335 g/mol. The Bertz CT molecular complexity index is 868. The van der Waals surface area contributed by atoms with E-state index < -0.39 is 5.82 Å². The molecule has 2 aromatic carbocycles. The molecule has 1 heterocycles. The molecule has 4 nitrogen and oxygen atoms in total. The number of halogens is 1. The molecule has 0 atom stereocenters. The minimum Gasteiger partial charge on any atom is -0.342 e. The van der Waals surface area contributed by atoms with Gasteiger partial charge in [0.15, 0.2) is 0 Å². The topological polar surface area (TPSA) is 45.2 Å².